The van der Waals surface area contributed by atoms with E-state index in [9.17, 15) is 4.79 Å². The van der Waals surface area contributed by atoms with Crippen LogP contribution in [-0.2, 0) is 11.2 Å². The second-order valence-corrected chi connectivity index (χ2v) is 6.19. The van der Waals surface area contributed by atoms with Crippen LogP contribution in [0.15, 0.2) is 60.7 Å². The van der Waals surface area contributed by atoms with Crippen molar-refractivity contribution < 1.29 is 4.79 Å². The summed E-state index contributed by atoms with van der Waals surface area (Å²) in [5.74, 6) is -0.0674. The lowest BCUT2D eigenvalue weighted by Crippen LogP contribution is -2.07. The first-order valence-electron chi connectivity index (χ1n) is 8.00. The molecule has 118 valence electrons. The second-order valence-electron chi connectivity index (χ2n) is 6.19. The van der Waals surface area contributed by atoms with E-state index < -0.39 is 0 Å². The highest BCUT2D eigenvalue weighted by molar-refractivity contribution is 5.97. The third-order valence-corrected chi connectivity index (χ3v) is 4.46. The van der Waals surface area contributed by atoms with Crippen molar-refractivity contribution in [2.24, 2.45) is 0 Å². The van der Waals surface area contributed by atoms with E-state index in [-0.39, 0.29) is 5.91 Å². The number of fused-ring (bicyclic) bond motifs is 3. The maximum Gasteiger partial charge on any atom is 0.221 e. The fourth-order valence-electron chi connectivity index (χ4n) is 3.38. The molecule has 3 heteroatoms. The first kappa shape index (κ1) is 14.5. The molecule has 3 aromatic rings. The minimum absolute atomic E-state index is 0.0674. The lowest BCUT2D eigenvalue weighted by atomic mass is 9.96. The second kappa shape index (κ2) is 5.53. The van der Waals surface area contributed by atoms with Gasteiger partial charge >= 0.3 is 0 Å². The van der Waals surface area contributed by atoms with Crippen molar-refractivity contribution in [3.05, 3.63) is 71.8 Å². The summed E-state index contributed by atoms with van der Waals surface area (Å²) in [6.45, 7) is 1.54. The summed E-state index contributed by atoms with van der Waals surface area (Å²) in [4.78, 5) is 11.6. The van der Waals surface area contributed by atoms with E-state index in [1.54, 1.807) is 0 Å². The molecule has 0 aromatic heterocycles. The Labute approximate surface area is 141 Å². The Bertz CT molecular complexity index is 943. The maximum atomic E-state index is 11.6. The topological polar surface area (TPSA) is 55.1 Å². The van der Waals surface area contributed by atoms with Crippen LogP contribution >= 0.6 is 0 Å². The largest absolute Gasteiger partial charge is 0.399 e. The molecule has 0 saturated carbocycles. The lowest BCUT2D eigenvalue weighted by molar-refractivity contribution is -0.114. The van der Waals surface area contributed by atoms with Crippen molar-refractivity contribution >= 4 is 17.3 Å². The number of carbonyl (C=O) groups is 1. The van der Waals surface area contributed by atoms with Crippen LogP contribution in [-0.4, -0.2) is 5.91 Å². The average molecular weight is 314 g/mol. The molecule has 24 heavy (non-hydrogen) atoms. The molecule has 1 amide bonds. The van der Waals surface area contributed by atoms with Crippen LogP contribution in [0.1, 0.15) is 18.1 Å². The third-order valence-electron chi connectivity index (χ3n) is 4.46. The van der Waals surface area contributed by atoms with Gasteiger partial charge in [-0.15, -0.1) is 0 Å². The summed E-state index contributed by atoms with van der Waals surface area (Å²) >= 11 is 0. The lowest BCUT2D eigenvalue weighted by Gasteiger charge is -2.14. The smallest absolute Gasteiger partial charge is 0.221 e. The molecule has 3 aromatic carbocycles. The summed E-state index contributed by atoms with van der Waals surface area (Å²) in [6.07, 6.45) is 0.903. The number of nitrogen functional groups attached to an aromatic ring is 1. The van der Waals surface area contributed by atoms with Crippen molar-refractivity contribution in [3.63, 3.8) is 0 Å². The highest BCUT2D eigenvalue weighted by atomic mass is 16.1. The van der Waals surface area contributed by atoms with Crippen LogP contribution in [0.4, 0.5) is 11.4 Å². The van der Waals surface area contributed by atoms with E-state index >= 15 is 0 Å². The standard InChI is InChI=1S/C21H18N2O/c1-13(24)23-21-11-16-10-15-4-2-3-5-18(15)19(16)12-20(21)14-6-8-17(22)9-7-14/h2-9,11-12H,10,22H2,1H3,(H,23,24). The fraction of sp³-hybridized carbons (Fsp3) is 0.0952. The number of nitrogens with one attached hydrogen (secondary N) is 1. The maximum absolute atomic E-state index is 11.6. The number of hydrogen-bond donors (Lipinski definition) is 2. The van der Waals surface area contributed by atoms with Crippen LogP contribution in [0.2, 0.25) is 0 Å². The Morgan fingerprint density at radius 1 is 0.917 bits per heavy atom. The monoisotopic (exact) mass is 314 g/mol. The zero-order valence-corrected chi connectivity index (χ0v) is 13.5. The summed E-state index contributed by atoms with van der Waals surface area (Å²) in [5.41, 5.74) is 14.5. The normalized spacial score (nSPS) is 11.7. The first-order chi connectivity index (χ1) is 11.6. The molecule has 0 radical (unpaired) electrons. The number of carbonyl (C=O) groups excluding carboxylic acids is 1. The van der Waals surface area contributed by atoms with Crippen LogP contribution in [0.25, 0.3) is 22.3 Å². The predicted octanol–water partition coefficient (Wildman–Crippen LogP) is 4.47. The van der Waals surface area contributed by atoms with E-state index in [4.69, 9.17) is 5.73 Å². The molecule has 0 spiro atoms. The highest BCUT2D eigenvalue weighted by Crippen LogP contribution is 2.42. The first-order valence-corrected chi connectivity index (χ1v) is 8.00. The van der Waals surface area contributed by atoms with Gasteiger partial charge in [-0.3, -0.25) is 4.79 Å². The number of benzene rings is 3. The minimum Gasteiger partial charge on any atom is -0.399 e. The van der Waals surface area contributed by atoms with Gasteiger partial charge in [0.2, 0.25) is 5.91 Å². The van der Waals surface area contributed by atoms with E-state index in [0.717, 1.165) is 28.9 Å². The summed E-state index contributed by atoms with van der Waals surface area (Å²) in [7, 11) is 0. The van der Waals surface area contributed by atoms with E-state index in [2.05, 4.69) is 41.7 Å². The molecule has 4 rings (SSSR count). The molecule has 0 heterocycles. The SMILES string of the molecule is CC(=O)Nc1cc2c(cc1-c1ccc(N)cc1)-c1ccccc1C2. The zero-order valence-electron chi connectivity index (χ0n) is 13.5. The summed E-state index contributed by atoms with van der Waals surface area (Å²) in [6, 6.07) is 20.5. The molecular formula is C21H18N2O. The molecule has 0 saturated heterocycles. The van der Waals surface area contributed by atoms with Gasteiger partial charge in [0.25, 0.3) is 0 Å². The minimum atomic E-state index is -0.0674. The van der Waals surface area contributed by atoms with E-state index in [1.165, 1.54) is 29.2 Å². The van der Waals surface area contributed by atoms with Gasteiger partial charge in [-0.25, -0.2) is 0 Å². The highest BCUT2D eigenvalue weighted by Gasteiger charge is 2.21. The molecule has 1 aliphatic carbocycles. The Kier molecular flexibility index (Phi) is 3.35. The van der Waals surface area contributed by atoms with Crippen molar-refractivity contribution in [2.75, 3.05) is 11.1 Å². The van der Waals surface area contributed by atoms with Gasteiger partial charge in [0.15, 0.2) is 0 Å². The number of nitrogens with two attached hydrogens (primary N) is 1. The predicted molar refractivity (Wildman–Crippen MR) is 98.8 cm³/mol. The molecule has 0 fully saturated rings. The Hall–Kier alpha value is -3.07. The number of anilines is 2. The molecule has 1 aliphatic rings. The van der Waals surface area contributed by atoms with Crippen LogP contribution in [0.3, 0.4) is 0 Å². The molecule has 0 unspecified atom stereocenters. The number of rotatable bonds is 2. The molecule has 3 N–H and O–H groups in total. The third kappa shape index (κ3) is 2.44. The van der Waals surface area contributed by atoms with Gasteiger partial charge in [-0.2, -0.15) is 0 Å². The van der Waals surface area contributed by atoms with Crippen LogP contribution in [0, 0.1) is 0 Å². The van der Waals surface area contributed by atoms with Crippen LogP contribution in [0.5, 0.6) is 0 Å². The van der Waals surface area contributed by atoms with Gasteiger partial charge in [-0.1, -0.05) is 36.4 Å². The number of amides is 1. The van der Waals surface area contributed by atoms with Crippen molar-refractivity contribution in [3.8, 4) is 22.3 Å². The van der Waals surface area contributed by atoms with Crippen molar-refractivity contribution in [1.29, 1.82) is 0 Å². The van der Waals surface area contributed by atoms with Crippen molar-refractivity contribution in [1.82, 2.24) is 0 Å². The van der Waals surface area contributed by atoms with Gasteiger partial charge in [-0.05, 0) is 58.5 Å². The van der Waals surface area contributed by atoms with Gasteiger partial charge in [0, 0.05) is 23.9 Å². The average Bonchev–Trinajstić information content (AvgIpc) is 2.92. The molecular weight excluding hydrogens is 296 g/mol. The molecule has 0 atom stereocenters. The Balaban J connectivity index is 1.91. The molecule has 0 aliphatic heterocycles. The Morgan fingerprint density at radius 3 is 2.42 bits per heavy atom. The van der Waals surface area contributed by atoms with E-state index in [1.807, 2.05) is 24.3 Å². The summed E-state index contributed by atoms with van der Waals surface area (Å²) < 4.78 is 0. The van der Waals surface area contributed by atoms with E-state index in [0.29, 0.717) is 0 Å². The summed E-state index contributed by atoms with van der Waals surface area (Å²) in [5, 5.41) is 2.97. The van der Waals surface area contributed by atoms with Gasteiger partial charge < -0.3 is 11.1 Å². The number of hydrogen-bond acceptors (Lipinski definition) is 2. The van der Waals surface area contributed by atoms with Gasteiger partial charge in [0.1, 0.15) is 0 Å². The quantitative estimate of drug-likeness (QED) is 0.536. The van der Waals surface area contributed by atoms with Gasteiger partial charge in [0.05, 0.1) is 0 Å². The Morgan fingerprint density at radius 2 is 1.67 bits per heavy atom. The fourth-order valence-corrected chi connectivity index (χ4v) is 3.38. The molecule has 3 nitrogen and oxygen atoms in total. The van der Waals surface area contributed by atoms with Crippen molar-refractivity contribution in [2.45, 2.75) is 13.3 Å². The zero-order chi connectivity index (χ0) is 16.7. The molecule has 0 bridgehead atoms. The van der Waals surface area contributed by atoms with Crippen LogP contribution < -0.4 is 11.1 Å².